The van der Waals surface area contributed by atoms with Gasteiger partial charge in [0.05, 0.1) is 11.5 Å². The van der Waals surface area contributed by atoms with E-state index in [1.54, 1.807) is 12.4 Å². The molecule has 2 fully saturated rings. The van der Waals surface area contributed by atoms with E-state index in [4.69, 9.17) is 5.41 Å². The lowest BCUT2D eigenvalue weighted by atomic mass is 9.64. The molecule has 3 rings (SSSR count). The minimum absolute atomic E-state index is 0.0424. The van der Waals surface area contributed by atoms with E-state index >= 15 is 0 Å². The van der Waals surface area contributed by atoms with Gasteiger partial charge in [-0.2, -0.15) is 0 Å². The van der Waals surface area contributed by atoms with Crippen LogP contribution in [0.5, 0.6) is 0 Å². The fourth-order valence-corrected chi connectivity index (χ4v) is 4.77. The number of carbonyl (C=O) groups excluding carboxylic acids is 1. The molecule has 2 aliphatic carbocycles. The lowest BCUT2D eigenvalue weighted by Crippen LogP contribution is -2.42. The lowest BCUT2D eigenvalue weighted by molar-refractivity contribution is 0.0558. The van der Waals surface area contributed by atoms with Crippen LogP contribution >= 0.6 is 0 Å². The zero-order valence-corrected chi connectivity index (χ0v) is 14.5. The van der Waals surface area contributed by atoms with Crippen LogP contribution in [0.3, 0.4) is 0 Å². The molecule has 24 heavy (non-hydrogen) atoms. The molecule has 1 unspecified atom stereocenters. The van der Waals surface area contributed by atoms with Crippen LogP contribution in [-0.4, -0.2) is 32.9 Å². The number of hydrogen-bond acceptors (Lipinski definition) is 4. The lowest BCUT2D eigenvalue weighted by Gasteiger charge is -2.41. The highest BCUT2D eigenvalue weighted by molar-refractivity contribution is 5.98. The van der Waals surface area contributed by atoms with Crippen molar-refractivity contribution in [2.45, 2.75) is 64.4 Å². The van der Waals surface area contributed by atoms with E-state index in [0.717, 1.165) is 63.2 Å². The first-order valence-electron chi connectivity index (χ1n) is 9.27. The van der Waals surface area contributed by atoms with E-state index in [-0.39, 0.29) is 17.9 Å². The van der Waals surface area contributed by atoms with Crippen molar-refractivity contribution in [1.29, 1.82) is 5.41 Å². The van der Waals surface area contributed by atoms with Crippen molar-refractivity contribution < 1.29 is 9.90 Å². The highest BCUT2D eigenvalue weighted by atomic mass is 16.3. The first-order chi connectivity index (χ1) is 11.5. The molecule has 5 heteroatoms. The van der Waals surface area contributed by atoms with Crippen molar-refractivity contribution >= 4 is 12.1 Å². The Hall–Kier alpha value is -1.49. The smallest absolute Gasteiger partial charge is 0.243 e. The van der Waals surface area contributed by atoms with E-state index in [1.165, 1.54) is 17.1 Å². The molecule has 0 aliphatic heterocycles. The van der Waals surface area contributed by atoms with Crippen LogP contribution in [-0.2, 0) is 0 Å². The maximum atomic E-state index is 12.8. The molecule has 0 bridgehead atoms. The van der Waals surface area contributed by atoms with Crippen LogP contribution in [0.25, 0.3) is 0 Å². The Morgan fingerprint density at radius 2 is 1.75 bits per heavy atom. The molecule has 0 spiro atoms. The molecular formula is C19H29N3O2. The Balaban J connectivity index is 1.62. The second-order valence-corrected chi connectivity index (χ2v) is 7.88. The number of aliphatic hydroxyl groups is 1. The van der Waals surface area contributed by atoms with Crippen LogP contribution in [0.2, 0.25) is 0 Å². The molecule has 0 radical (unpaired) electrons. The molecule has 2 saturated carbocycles. The number of nitrogens with zero attached hydrogens (tertiary/aromatic N) is 2. The predicted octanol–water partition coefficient (Wildman–Crippen LogP) is 3.54. The van der Waals surface area contributed by atoms with Gasteiger partial charge in [0.2, 0.25) is 5.91 Å². The third kappa shape index (κ3) is 3.32. The fraction of sp³-hybridized carbons (Fsp3) is 0.737. The third-order valence-electron chi connectivity index (χ3n) is 6.53. The number of aliphatic hydroxyl groups excluding tert-OH is 1. The highest BCUT2D eigenvalue weighted by Gasteiger charge is 2.43. The van der Waals surface area contributed by atoms with E-state index in [9.17, 15) is 9.90 Å². The minimum Gasteiger partial charge on any atom is -0.393 e. The summed E-state index contributed by atoms with van der Waals surface area (Å²) in [6.45, 7) is 1.91. The van der Waals surface area contributed by atoms with Gasteiger partial charge in [-0.05, 0) is 76.0 Å². The third-order valence-corrected chi connectivity index (χ3v) is 6.53. The van der Waals surface area contributed by atoms with E-state index in [0.29, 0.717) is 0 Å². The van der Waals surface area contributed by atoms with Crippen molar-refractivity contribution in [2.75, 3.05) is 0 Å². The monoisotopic (exact) mass is 331 g/mol. The van der Waals surface area contributed by atoms with Gasteiger partial charge in [0.15, 0.2) is 0 Å². The number of imidazole rings is 1. The largest absolute Gasteiger partial charge is 0.393 e. The Kier molecular flexibility index (Phi) is 5.18. The van der Waals surface area contributed by atoms with Crippen molar-refractivity contribution in [3.8, 4) is 0 Å². The van der Waals surface area contributed by atoms with E-state index < -0.39 is 5.41 Å². The summed E-state index contributed by atoms with van der Waals surface area (Å²) in [4.78, 5) is 16.8. The molecule has 0 aromatic carbocycles. The predicted molar refractivity (Wildman–Crippen MR) is 93.2 cm³/mol. The zero-order chi connectivity index (χ0) is 17.2. The highest BCUT2D eigenvalue weighted by Crippen LogP contribution is 2.45. The molecule has 5 nitrogen and oxygen atoms in total. The van der Waals surface area contributed by atoms with Crippen molar-refractivity contribution in [3.05, 3.63) is 18.7 Å². The average molecular weight is 331 g/mol. The summed E-state index contributed by atoms with van der Waals surface area (Å²) in [6.07, 6.45) is 14.6. The van der Waals surface area contributed by atoms with E-state index in [1.807, 2.05) is 6.92 Å². The summed E-state index contributed by atoms with van der Waals surface area (Å²) >= 11 is 0. The molecule has 0 amide bonds. The van der Waals surface area contributed by atoms with Gasteiger partial charge in [0, 0.05) is 18.6 Å². The Morgan fingerprint density at radius 1 is 1.17 bits per heavy atom. The minimum atomic E-state index is -0.742. The molecule has 1 atom stereocenters. The molecule has 2 aliphatic rings. The topological polar surface area (TPSA) is 79.0 Å². The zero-order valence-electron chi connectivity index (χ0n) is 14.5. The first-order valence-corrected chi connectivity index (χ1v) is 9.27. The molecule has 0 saturated heterocycles. The van der Waals surface area contributed by atoms with Crippen LogP contribution in [0.1, 0.15) is 63.1 Å². The second-order valence-electron chi connectivity index (χ2n) is 7.88. The molecule has 132 valence electrons. The van der Waals surface area contributed by atoms with Gasteiger partial charge in [-0.15, -0.1) is 0 Å². The van der Waals surface area contributed by atoms with Crippen LogP contribution in [0, 0.1) is 28.6 Å². The maximum absolute atomic E-state index is 12.8. The van der Waals surface area contributed by atoms with Gasteiger partial charge in [-0.3, -0.25) is 9.36 Å². The average Bonchev–Trinajstić information content (AvgIpc) is 3.16. The number of carbonyl (C=O) groups is 1. The Morgan fingerprint density at radius 3 is 2.25 bits per heavy atom. The number of hydrogen-bond donors (Lipinski definition) is 2. The van der Waals surface area contributed by atoms with Crippen LogP contribution in [0.15, 0.2) is 18.7 Å². The number of nitrogens with one attached hydrogen (secondary N) is 1. The van der Waals surface area contributed by atoms with Crippen LogP contribution in [0.4, 0.5) is 0 Å². The first kappa shape index (κ1) is 17.3. The molecule has 1 heterocycles. The standard InChI is InChI=1S/C19H29N3O2/c1-19(12-20,18(24)22-11-10-21-13-22)16-6-2-14(3-7-16)15-4-8-17(23)9-5-15/h10-17,20,23H,2-9H2,1H3. The summed E-state index contributed by atoms with van der Waals surface area (Å²) in [6, 6.07) is 0. The number of aromatic nitrogens is 2. The van der Waals surface area contributed by atoms with Crippen LogP contribution < -0.4 is 0 Å². The van der Waals surface area contributed by atoms with Gasteiger partial charge in [0.1, 0.15) is 6.33 Å². The molecule has 1 aromatic heterocycles. The summed E-state index contributed by atoms with van der Waals surface area (Å²) in [5.41, 5.74) is -0.742. The Bertz CT molecular complexity index is 555. The summed E-state index contributed by atoms with van der Waals surface area (Å²) in [7, 11) is 0. The molecular weight excluding hydrogens is 302 g/mol. The van der Waals surface area contributed by atoms with Gasteiger partial charge in [0.25, 0.3) is 0 Å². The second kappa shape index (κ2) is 7.18. The normalized spacial score (nSPS) is 33.6. The Labute approximate surface area is 144 Å². The van der Waals surface area contributed by atoms with Gasteiger partial charge in [-0.25, -0.2) is 4.98 Å². The van der Waals surface area contributed by atoms with Crippen molar-refractivity contribution in [3.63, 3.8) is 0 Å². The summed E-state index contributed by atoms with van der Waals surface area (Å²) in [5, 5.41) is 17.6. The summed E-state index contributed by atoms with van der Waals surface area (Å²) in [5.74, 6) is 1.66. The van der Waals surface area contributed by atoms with Gasteiger partial charge >= 0.3 is 0 Å². The fourth-order valence-electron chi connectivity index (χ4n) is 4.77. The molecule has 2 N–H and O–H groups in total. The number of rotatable bonds is 4. The van der Waals surface area contributed by atoms with Gasteiger partial charge in [-0.1, -0.05) is 0 Å². The SMILES string of the molecule is CC(C=N)(C(=O)n1ccnc1)C1CCC(C2CCC(O)CC2)CC1. The van der Waals surface area contributed by atoms with Crippen molar-refractivity contribution in [1.82, 2.24) is 9.55 Å². The van der Waals surface area contributed by atoms with Gasteiger partial charge < -0.3 is 10.5 Å². The quantitative estimate of drug-likeness (QED) is 0.828. The molecule has 1 aromatic rings. The van der Waals surface area contributed by atoms with Crippen molar-refractivity contribution in [2.24, 2.45) is 23.2 Å². The maximum Gasteiger partial charge on any atom is 0.243 e. The van der Waals surface area contributed by atoms with E-state index in [2.05, 4.69) is 4.98 Å². The summed E-state index contributed by atoms with van der Waals surface area (Å²) < 4.78 is 1.51.